The van der Waals surface area contributed by atoms with Crippen molar-refractivity contribution >= 4 is 69.8 Å². The normalized spacial score (nSPS) is 13.4. The average molecular weight is 590 g/mol. The highest BCUT2D eigenvalue weighted by Crippen LogP contribution is 2.25. The molecule has 4 N–H and O–H groups in total. The fourth-order valence-electron chi connectivity index (χ4n) is 3.86. The molecule has 0 fully saturated rings. The third-order valence-electron chi connectivity index (χ3n) is 5.99. The van der Waals surface area contributed by atoms with Crippen LogP contribution in [0.2, 0.25) is 0 Å². The molecule has 41 heavy (non-hydrogen) atoms. The zero-order chi connectivity index (χ0) is 29.4. The van der Waals surface area contributed by atoms with E-state index >= 15 is 0 Å². The summed E-state index contributed by atoms with van der Waals surface area (Å²) in [6.07, 6.45) is 1.36. The molecule has 1 unspecified atom stereocenters. The van der Waals surface area contributed by atoms with Crippen LogP contribution >= 0.6 is 24.4 Å². The Balaban J connectivity index is 1.49. The Hall–Kier alpha value is -4.88. The number of ether oxygens (including phenoxy) is 2. The number of nitrogens with zero attached hydrogens (tertiary/aromatic N) is 3. The van der Waals surface area contributed by atoms with Crippen molar-refractivity contribution in [3.05, 3.63) is 83.9 Å². The molecule has 210 valence electrons. The molecule has 1 atom stereocenters. The van der Waals surface area contributed by atoms with Crippen molar-refractivity contribution in [3.8, 4) is 11.5 Å². The molecule has 3 aromatic carbocycles. The summed E-state index contributed by atoms with van der Waals surface area (Å²) in [5.41, 5.74) is 7.79. The lowest BCUT2D eigenvalue weighted by Crippen LogP contribution is -2.44. The fraction of sp³-hybridized carbons (Fsp3) is 0.143. The van der Waals surface area contributed by atoms with E-state index in [1.54, 1.807) is 93.9 Å². The molecule has 13 heteroatoms. The summed E-state index contributed by atoms with van der Waals surface area (Å²) in [5.74, 6) is 0.556. The van der Waals surface area contributed by atoms with Gasteiger partial charge < -0.3 is 20.1 Å². The Bertz CT molecular complexity index is 1470. The first kappa shape index (κ1) is 29.1. The number of nitrogens with one attached hydrogen (secondary N) is 4. The minimum Gasteiger partial charge on any atom is -0.497 e. The Kier molecular flexibility index (Phi) is 9.55. The molecule has 0 saturated heterocycles. The van der Waals surface area contributed by atoms with Crippen LogP contribution in [-0.4, -0.2) is 59.1 Å². The van der Waals surface area contributed by atoms with E-state index in [0.717, 1.165) is 10.6 Å². The third-order valence-corrected chi connectivity index (χ3v) is 6.37. The number of hydrogen-bond donors (Lipinski definition) is 4. The summed E-state index contributed by atoms with van der Waals surface area (Å²) in [4.78, 5) is 27.3. The lowest BCUT2D eigenvalue weighted by atomic mass is 10.1. The summed E-state index contributed by atoms with van der Waals surface area (Å²) >= 11 is 10.7. The summed E-state index contributed by atoms with van der Waals surface area (Å²) in [7, 11) is 3.17. The summed E-state index contributed by atoms with van der Waals surface area (Å²) in [6, 6.07) is 20.2. The molecule has 1 aliphatic rings. The first-order valence-electron chi connectivity index (χ1n) is 12.3. The largest absolute Gasteiger partial charge is 0.497 e. The quantitative estimate of drug-likeness (QED) is 0.126. The molecule has 4 rings (SSSR count). The van der Waals surface area contributed by atoms with Gasteiger partial charge in [0.2, 0.25) is 0 Å². The zero-order valence-corrected chi connectivity index (χ0v) is 24.0. The van der Waals surface area contributed by atoms with Crippen LogP contribution in [0, 0.1) is 0 Å². The van der Waals surface area contributed by atoms with Gasteiger partial charge in [0.15, 0.2) is 10.2 Å². The number of imide groups is 1. The number of anilines is 2. The van der Waals surface area contributed by atoms with E-state index in [1.807, 2.05) is 0 Å². The predicted molar refractivity (Wildman–Crippen MR) is 167 cm³/mol. The number of carbonyl (C=O) groups excluding carboxylic acids is 2. The van der Waals surface area contributed by atoms with Crippen molar-refractivity contribution in [2.24, 2.45) is 10.2 Å². The van der Waals surface area contributed by atoms with Crippen LogP contribution in [-0.2, 0) is 0 Å². The highest BCUT2D eigenvalue weighted by molar-refractivity contribution is 7.80. The number of fused-ring (bicyclic) bond motifs is 1. The van der Waals surface area contributed by atoms with Crippen molar-refractivity contribution in [2.75, 3.05) is 24.9 Å². The minimum absolute atomic E-state index is 0.181. The van der Waals surface area contributed by atoms with Gasteiger partial charge in [-0.3, -0.25) is 25.3 Å². The number of amides is 2. The molecule has 2 amide bonds. The first-order chi connectivity index (χ1) is 19.8. The molecule has 3 aromatic rings. The minimum atomic E-state index is -0.799. The van der Waals surface area contributed by atoms with E-state index in [-0.39, 0.29) is 15.9 Å². The van der Waals surface area contributed by atoms with Gasteiger partial charge in [-0.15, -0.1) is 0 Å². The van der Waals surface area contributed by atoms with Crippen molar-refractivity contribution in [3.63, 3.8) is 0 Å². The van der Waals surface area contributed by atoms with E-state index in [0.29, 0.717) is 28.3 Å². The summed E-state index contributed by atoms with van der Waals surface area (Å²) in [6.45, 7) is 1.67. The molecule has 0 bridgehead atoms. The molecule has 0 saturated carbocycles. The Morgan fingerprint density at radius 2 is 1.24 bits per heavy atom. The van der Waals surface area contributed by atoms with Gasteiger partial charge in [-0.05, 0) is 92.0 Å². The molecule has 0 aliphatic carbocycles. The molecule has 0 radical (unpaired) electrons. The van der Waals surface area contributed by atoms with Gasteiger partial charge in [-0.2, -0.15) is 10.2 Å². The van der Waals surface area contributed by atoms with Crippen molar-refractivity contribution in [2.45, 2.75) is 13.0 Å². The number of hydrazone groups is 2. The Morgan fingerprint density at radius 1 is 0.780 bits per heavy atom. The maximum absolute atomic E-state index is 13.1. The second kappa shape index (κ2) is 13.5. The summed E-state index contributed by atoms with van der Waals surface area (Å²) < 4.78 is 10.3. The third kappa shape index (κ3) is 7.21. The average Bonchev–Trinajstić information content (AvgIpc) is 3.24. The van der Waals surface area contributed by atoms with Gasteiger partial charge in [0.05, 0.1) is 37.6 Å². The number of carbonyl (C=O) groups is 2. The van der Waals surface area contributed by atoms with Crippen LogP contribution in [0.15, 0.2) is 83.0 Å². The van der Waals surface area contributed by atoms with Crippen molar-refractivity contribution < 1.29 is 19.1 Å². The smallest absolute Gasteiger partial charge is 0.262 e. The van der Waals surface area contributed by atoms with Crippen LogP contribution in [0.3, 0.4) is 0 Å². The van der Waals surface area contributed by atoms with E-state index in [2.05, 4.69) is 31.7 Å². The Labute approximate surface area is 247 Å². The van der Waals surface area contributed by atoms with Gasteiger partial charge in [-0.25, -0.2) is 0 Å². The van der Waals surface area contributed by atoms with Crippen LogP contribution in [0.1, 0.15) is 27.6 Å². The van der Waals surface area contributed by atoms with Gasteiger partial charge in [0.25, 0.3) is 11.8 Å². The maximum atomic E-state index is 13.1. The highest BCUT2D eigenvalue weighted by Gasteiger charge is 2.39. The van der Waals surface area contributed by atoms with Gasteiger partial charge in [0.1, 0.15) is 17.2 Å². The van der Waals surface area contributed by atoms with Crippen LogP contribution in [0.25, 0.3) is 0 Å². The van der Waals surface area contributed by atoms with Crippen LogP contribution in [0.4, 0.5) is 11.4 Å². The monoisotopic (exact) mass is 589 g/mol. The van der Waals surface area contributed by atoms with Crippen LogP contribution in [0.5, 0.6) is 11.5 Å². The van der Waals surface area contributed by atoms with Crippen molar-refractivity contribution in [1.29, 1.82) is 0 Å². The van der Waals surface area contributed by atoms with E-state index in [9.17, 15) is 9.59 Å². The second-order valence-electron chi connectivity index (χ2n) is 8.59. The van der Waals surface area contributed by atoms with E-state index in [1.165, 1.54) is 6.21 Å². The lowest BCUT2D eigenvalue weighted by Gasteiger charge is -2.22. The number of hydrogen-bond acceptors (Lipinski definition) is 8. The molecule has 1 aliphatic heterocycles. The van der Waals surface area contributed by atoms with Gasteiger partial charge >= 0.3 is 0 Å². The maximum Gasteiger partial charge on any atom is 0.262 e. The molecular formula is C28H27N7O4S2. The van der Waals surface area contributed by atoms with Gasteiger partial charge in [0, 0.05) is 11.4 Å². The standard InChI is InChI=1S/C28H27N7O4S2/c1-17(35-25(36)22-6-4-5-7-23(22)26(35)37)24(32-34-28(41)31-19-10-14-21(39-3)15-11-19)16-29-33-27(40)30-18-8-12-20(38-2)13-9-18/h4-17H,1-3H3,(H2,30,33,40)(H2,31,34,41)/b29-16+,32-24-. The molecule has 0 spiro atoms. The van der Waals surface area contributed by atoms with Gasteiger partial charge in [-0.1, -0.05) is 12.1 Å². The molecule has 0 aromatic heterocycles. The van der Waals surface area contributed by atoms with E-state index < -0.39 is 17.9 Å². The number of benzene rings is 3. The van der Waals surface area contributed by atoms with Crippen molar-refractivity contribution in [1.82, 2.24) is 15.8 Å². The predicted octanol–water partition coefficient (Wildman–Crippen LogP) is 4.00. The SMILES string of the molecule is COc1ccc(NC(=S)N/N=C/C(=N/NC(=S)Nc2ccc(OC)cc2)C(C)N2C(=O)c3ccccc3C2=O)cc1. The lowest BCUT2D eigenvalue weighted by molar-refractivity contribution is 0.0636. The highest BCUT2D eigenvalue weighted by atomic mass is 32.1. The number of thiocarbonyl (C=S) groups is 2. The summed E-state index contributed by atoms with van der Waals surface area (Å²) in [5, 5.41) is 14.9. The second-order valence-corrected chi connectivity index (χ2v) is 9.40. The fourth-order valence-corrected chi connectivity index (χ4v) is 4.20. The number of methoxy groups -OCH3 is 2. The number of rotatable bonds is 9. The zero-order valence-electron chi connectivity index (χ0n) is 22.4. The van der Waals surface area contributed by atoms with Crippen LogP contribution < -0.4 is 31.0 Å². The van der Waals surface area contributed by atoms with E-state index in [4.69, 9.17) is 33.9 Å². The molecule has 11 nitrogen and oxygen atoms in total. The first-order valence-corrected chi connectivity index (χ1v) is 13.1. The molecule has 1 heterocycles. The molecular weight excluding hydrogens is 562 g/mol. The Morgan fingerprint density at radius 3 is 1.71 bits per heavy atom. The topological polar surface area (TPSA) is 129 Å².